The summed E-state index contributed by atoms with van der Waals surface area (Å²) in [6.45, 7) is 4.24. The standard InChI is InChI=1S/C21H28N4O5/c1-2-30-14-6-11-24-19(27)20(28)25(21(24)29)15-23-12-9-16(10-13-23)18(26)22-17-7-4-3-5-8-17/h3-5,7-8,16H,2,6,9-15H2,1H3,(H,22,26). The second kappa shape index (κ2) is 10.3. The second-order valence-corrected chi connectivity index (χ2v) is 7.41. The molecule has 0 bridgehead atoms. The molecule has 0 aromatic heterocycles. The summed E-state index contributed by atoms with van der Waals surface area (Å²) in [7, 11) is 0. The maximum absolute atomic E-state index is 12.5. The van der Waals surface area contributed by atoms with Gasteiger partial charge in [0.15, 0.2) is 0 Å². The number of imide groups is 2. The Morgan fingerprint density at radius 1 is 1.07 bits per heavy atom. The summed E-state index contributed by atoms with van der Waals surface area (Å²) in [5.41, 5.74) is 0.765. The summed E-state index contributed by atoms with van der Waals surface area (Å²) in [4.78, 5) is 53.3. The predicted octanol–water partition coefficient (Wildman–Crippen LogP) is 1.51. The molecule has 1 aromatic rings. The van der Waals surface area contributed by atoms with Crippen molar-refractivity contribution in [2.24, 2.45) is 5.92 Å². The lowest BCUT2D eigenvalue weighted by Crippen LogP contribution is -2.46. The number of amides is 5. The summed E-state index contributed by atoms with van der Waals surface area (Å²) in [6, 6.07) is 8.72. The normalized spacial score (nSPS) is 18.4. The van der Waals surface area contributed by atoms with Crippen molar-refractivity contribution in [3.8, 4) is 0 Å². The van der Waals surface area contributed by atoms with Crippen LogP contribution in [0.2, 0.25) is 0 Å². The molecule has 0 unspecified atom stereocenters. The fourth-order valence-corrected chi connectivity index (χ4v) is 3.64. The van der Waals surface area contributed by atoms with Crippen molar-refractivity contribution < 1.29 is 23.9 Å². The maximum atomic E-state index is 12.5. The van der Waals surface area contributed by atoms with Crippen LogP contribution in [0.5, 0.6) is 0 Å². The van der Waals surface area contributed by atoms with Gasteiger partial charge in [-0.05, 0) is 38.3 Å². The van der Waals surface area contributed by atoms with Gasteiger partial charge in [-0.15, -0.1) is 0 Å². The van der Waals surface area contributed by atoms with E-state index in [4.69, 9.17) is 4.74 Å². The van der Waals surface area contributed by atoms with Crippen molar-refractivity contribution in [3.05, 3.63) is 30.3 Å². The van der Waals surface area contributed by atoms with Crippen molar-refractivity contribution in [1.29, 1.82) is 0 Å². The van der Waals surface area contributed by atoms with E-state index in [9.17, 15) is 19.2 Å². The predicted molar refractivity (Wildman–Crippen MR) is 109 cm³/mol. The summed E-state index contributed by atoms with van der Waals surface area (Å²) < 4.78 is 5.22. The molecule has 2 fully saturated rings. The summed E-state index contributed by atoms with van der Waals surface area (Å²) in [6.07, 6.45) is 1.75. The molecule has 0 radical (unpaired) electrons. The number of ether oxygens (including phenoxy) is 1. The van der Waals surface area contributed by atoms with Crippen LogP contribution in [0.15, 0.2) is 30.3 Å². The molecular weight excluding hydrogens is 388 g/mol. The van der Waals surface area contributed by atoms with Gasteiger partial charge < -0.3 is 10.1 Å². The van der Waals surface area contributed by atoms with Gasteiger partial charge in [0.2, 0.25) is 5.91 Å². The van der Waals surface area contributed by atoms with E-state index in [1.807, 2.05) is 42.2 Å². The van der Waals surface area contributed by atoms with Gasteiger partial charge in [-0.2, -0.15) is 0 Å². The highest BCUT2D eigenvalue weighted by Crippen LogP contribution is 2.21. The molecule has 30 heavy (non-hydrogen) atoms. The van der Waals surface area contributed by atoms with Gasteiger partial charge in [-0.3, -0.25) is 24.2 Å². The number of nitrogens with zero attached hydrogens (tertiary/aromatic N) is 3. The van der Waals surface area contributed by atoms with E-state index < -0.39 is 17.8 Å². The Bertz CT molecular complexity index is 777. The number of carbonyl (C=O) groups is 4. The molecule has 0 atom stereocenters. The lowest BCUT2D eigenvalue weighted by atomic mass is 9.96. The van der Waals surface area contributed by atoms with Crippen LogP contribution in [-0.4, -0.2) is 78.0 Å². The van der Waals surface area contributed by atoms with Gasteiger partial charge in [0.25, 0.3) is 0 Å². The average molecular weight is 416 g/mol. The molecule has 2 heterocycles. The number of urea groups is 1. The Labute approximate surface area is 175 Å². The number of anilines is 1. The van der Waals surface area contributed by atoms with Gasteiger partial charge >= 0.3 is 17.8 Å². The van der Waals surface area contributed by atoms with E-state index in [1.165, 1.54) is 0 Å². The topological polar surface area (TPSA) is 99.3 Å². The van der Waals surface area contributed by atoms with E-state index in [0.29, 0.717) is 45.6 Å². The number of hydrogen-bond donors (Lipinski definition) is 1. The van der Waals surface area contributed by atoms with E-state index in [2.05, 4.69) is 5.32 Å². The van der Waals surface area contributed by atoms with Crippen LogP contribution in [0.3, 0.4) is 0 Å². The minimum absolute atomic E-state index is 0.0233. The zero-order valence-corrected chi connectivity index (χ0v) is 17.2. The minimum atomic E-state index is -0.791. The highest BCUT2D eigenvalue weighted by molar-refractivity contribution is 6.44. The number of hydrogen-bond acceptors (Lipinski definition) is 6. The first kappa shape index (κ1) is 21.9. The first-order chi connectivity index (χ1) is 14.5. The summed E-state index contributed by atoms with van der Waals surface area (Å²) in [5, 5.41) is 2.92. The molecule has 0 aliphatic carbocycles. The van der Waals surface area contributed by atoms with Gasteiger partial charge in [-0.1, -0.05) is 18.2 Å². The monoisotopic (exact) mass is 416 g/mol. The minimum Gasteiger partial charge on any atom is -0.382 e. The Balaban J connectivity index is 1.47. The number of para-hydroxylation sites is 1. The molecule has 2 aliphatic heterocycles. The van der Waals surface area contributed by atoms with E-state index >= 15 is 0 Å². The van der Waals surface area contributed by atoms with Crippen molar-refractivity contribution in [2.45, 2.75) is 26.2 Å². The molecule has 1 aromatic carbocycles. The number of piperidine rings is 1. The SMILES string of the molecule is CCOCCCN1C(=O)C(=O)N(CN2CCC(C(=O)Nc3ccccc3)CC2)C1=O. The third-order valence-electron chi connectivity index (χ3n) is 5.35. The van der Waals surface area contributed by atoms with Crippen LogP contribution in [0.4, 0.5) is 10.5 Å². The zero-order valence-electron chi connectivity index (χ0n) is 17.2. The third-order valence-corrected chi connectivity index (χ3v) is 5.35. The van der Waals surface area contributed by atoms with Crippen LogP contribution < -0.4 is 5.32 Å². The zero-order chi connectivity index (χ0) is 21.5. The molecule has 9 nitrogen and oxygen atoms in total. The Morgan fingerprint density at radius 3 is 2.40 bits per heavy atom. The Hall–Kier alpha value is -2.78. The van der Waals surface area contributed by atoms with E-state index in [-0.39, 0.29) is 25.0 Å². The van der Waals surface area contributed by atoms with Crippen molar-refractivity contribution in [2.75, 3.05) is 44.8 Å². The Morgan fingerprint density at radius 2 is 1.73 bits per heavy atom. The fraction of sp³-hybridized carbons (Fsp3) is 0.524. The van der Waals surface area contributed by atoms with Gasteiger partial charge in [-0.25, -0.2) is 9.69 Å². The van der Waals surface area contributed by atoms with Crippen LogP contribution >= 0.6 is 0 Å². The third kappa shape index (κ3) is 5.22. The number of carbonyl (C=O) groups excluding carboxylic acids is 4. The molecule has 0 saturated carbocycles. The van der Waals surface area contributed by atoms with Crippen molar-refractivity contribution in [1.82, 2.24) is 14.7 Å². The van der Waals surface area contributed by atoms with E-state index in [1.54, 1.807) is 0 Å². The fourth-order valence-electron chi connectivity index (χ4n) is 3.64. The van der Waals surface area contributed by atoms with Gasteiger partial charge in [0.1, 0.15) is 0 Å². The van der Waals surface area contributed by atoms with Crippen LogP contribution in [0, 0.1) is 5.92 Å². The first-order valence-corrected chi connectivity index (χ1v) is 10.3. The lowest BCUT2D eigenvalue weighted by Gasteiger charge is -2.32. The van der Waals surface area contributed by atoms with Gasteiger partial charge in [0.05, 0.1) is 6.67 Å². The molecule has 2 saturated heterocycles. The number of benzene rings is 1. The van der Waals surface area contributed by atoms with Crippen molar-refractivity contribution >= 4 is 29.4 Å². The quantitative estimate of drug-likeness (QED) is 0.372. The molecule has 9 heteroatoms. The average Bonchev–Trinajstić information content (AvgIpc) is 2.96. The van der Waals surface area contributed by atoms with Gasteiger partial charge in [0, 0.05) is 44.5 Å². The maximum Gasteiger partial charge on any atom is 0.335 e. The largest absolute Gasteiger partial charge is 0.382 e. The molecule has 2 aliphatic rings. The van der Waals surface area contributed by atoms with Crippen LogP contribution in [0.25, 0.3) is 0 Å². The summed E-state index contributed by atoms with van der Waals surface area (Å²) >= 11 is 0. The molecule has 0 spiro atoms. The molecule has 5 amide bonds. The van der Waals surface area contributed by atoms with Crippen molar-refractivity contribution in [3.63, 3.8) is 0 Å². The number of nitrogens with one attached hydrogen (secondary N) is 1. The second-order valence-electron chi connectivity index (χ2n) is 7.41. The molecular formula is C21H28N4O5. The molecule has 3 rings (SSSR count). The highest BCUT2D eigenvalue weighted by Gasteiger charge is 2.44. The molecule has 1 N–H and O–H groups in total. The highest BCUT2D eigenvalue weighted by atomic mass is 16.5. The first-order valence-electron chi connectivity index (χ1n) is 10.3. The Kier molecular flexibility index (Phi) is 7.53. The van der Waals surface area contributed by atoms with Crippen LogP contribution in [0.1, 0.15) is 26.2 Å². The van der Waals surface area contributed by atoms with E-state index in [0.717, 1.165) is 15.5 Å². The molecule has 162 valence electrons. The summed E-state index contributed by atoms with van der Waals surface area (Å²) in [5.74, 6) is -1.72. The smallest absolute Gasteiger partial charge is 0.335 e. The van der Waals surface area contributed by atoms with Crippen LogP contribution in [-0.2, 0) is 19.1 Å². The number of likely N-dealkylation sites (tertiary alicyclic amines) is 1. The lowest BCUT2D eigenvalue weighted by molar-refractivity contribution is -0.144. The number of rotatable bonds is 9.